The second-order valence-corrected chi connectivity index (χ2v) is 8.99. The Morgan fingerprint density at radius 3 is 2.40 bits per heavy atom. The number of carbonyl (C=O) groups excluding carboxylic acids is 1. The molecule has 1 aliphatic rings. The summed E-state index contributed by atoms with van der Waals surface area (Å²) in [4.78, 5) is 14.9. The van der Waals surface area contributed by atoms with Gasteiger partial charge in [0.15, 0.2) is 0 Å². The molecule has 0 aromatic heterocycles. The quantitative estimate of drug-likeness (QED) is 0.133. The number of halogens is 2. The molecule has 0 saturated carbocycles. The van der Waals surface area contributed by atoms with Crippen molar-refractivity contribution in [3.05, 3.63) is 77.2 Å². The first-order valence-electron chi connectivity index (χ1n) is 11.4. The number of hydrogen-bond donors (Lipinski definition) is 3. The van der Waals surface area contributed by atoms with Gasteiger partial charge in [-0.2, -0.15) is 0 Å². The van der Waals surface area contributed by atoms with Gasteiger partial charge < -0.3 is 25.5 Å². The standard InChI is InChI=1S/C25H30F2N4O3S/c26-20-14-21(27)16-22(15-20)29-25(33)24(34-13-5-4-12-32)23(17-28)30-8-10-31(11-9-30)35-18-19-6-2-1-3-7-19/h1-3,6-7,14-17,28,32H,4-5,8-13,18H2,(H,29,33). The molecule has 1 aliphatic heterocycles. The third kappa shape index (κ3) is 8.34. The molecule has 1 saturated heterocycles. The normalized spacial score (nSPS) is 14.9. The van der Waals surface area contributed by atoms with Gasteiger partial charge in [-0.3, -0.25) is 4.79 Å². The van der Waals surface area contributed by atoms with Crippen molar-refractivity contribution >= 4 is 29.8 Å². The van der Waals surface area contributed by atoms with Crippen LogP contribution in [0.4, 0.5) is 14.5 Å². The van der Waals surface area contributed by atoms with Crippen molar-refractivity contribution < 1.29 is 23.4 Å². The van der Waals surface area contributed by atoms with Crippen molar-refractivity contribution in [3.8, 4) is 0 Å². The molecule has 1 amide bonds. The number of nitrogens with one attached hydrogen (secondary N) is 2. The molecular formula is C25H30F2N4O3S. The molecule has 0 unspecified atom stereocenters. The molecule has 2 aromatic carbocycles. The largest absolute Gasteiger partial charge is 0.486 e. The van der Waals surface area contributed by atoms with E-state index in [9.17, 15) is 13.6 Å². The summed E-state index contributed by atoms with van der Waals surface area (Å²) in [5.41, 5.74) is 1.50. The number of rotatable bonds is 12. The van der Waals surface area contributed by atoms with Gasteiger partial charge in [-0.05, 0) is 30.5 Å². The Morgan fingerprint density at radius 1 is 1.09 bits per heavy atom. The highest BCUT2D eigenvalue weighted by Crippen LogP contribution is 2.22. The zero-order valence-corrected chi connectivity index (χ0v) is 20.2. The lowest BCUT2D eigenvalue weighted by Crippen LogP contribution is -2.44. The third-order valence-corrected chi connectivity index (χ3v) is 6.52. The number of anilines is 1. The van der Waals surface area contributed by atoms with Crippen molar-refractivity contribution in [3.63, 3.8) is 0 Å². The molecule has 0 radical (unpaired) electrons. The molecule has 0 spiro atoms. The van der Waals surface area contributed by atoms with Crippen molar-refractivity contribution in [1.82, 2.24) is 9.21 Å². The zero-order valence-electron chi connectivity index (χ0n) is 19.4. The number of amides is 1. The van der Waals surface area contributed by atoms with Gasteiger partial charge in [-0.1, -0.05) is 42.3 Å². The summed E-state index contributed by atoms with van der Waals surface area (Å²) in [6.07, 6.45) is 2.08. The number of aliphatic hydroxyl groups is 1. The molecule has 1 fully saturated rings. The first-order valence-corrected chi connectivity index (χ1v) is 12.4. The molecule has 10 heteroatoms. The molecule has 0 atom stereocenters. The Balaban J connectivity index is 1.69. The van der Waals surface area contributed by atoms with Gasteiger partial charge in [0.25, 0.3) is 5.91 Å². The Labute approximate surface area is 208 Å². The minimum atomic E-state index is -0.814. The maximum atomic E-state index is 13.6. The van der Waals surface area contributed by atoms with Crippen LogP contribution in [-0.2, 0) is 15.3 Å². The van der Waals surface area contributed by atoms with Crippen LogP contribution in [-0.4, -0.2) is 65.8 Å². The van der Waals surface area contributed by atoms with E-state index in [1.807, 2.05) is 23.1 Å². The van der Waals surface area contributed by atoms with Gasteiger partial charge in [-0.15, -0.1) is 0 Å². The number of hydrogen-bond acceptors (Lipinski definition) is 7. The van der Waals surface area contributed by atoms with E-state index in [-0.39, 0.29) is 24.7 Å². The summed E-state index contributed by atoms with van der Waals surface area (Å²) in [5, 5.41) is 19.5. The Bertz CT molecular complexity index is 995. The lowest BCUT2D eigenvalue weighted by atomic mass is 10.2. The van der Waals surface area contributed by atoms with Crippen molar-refractivity contribution in [2.24, 2.45) is 0 Å². The number of unbranched alkanes of at least 4 members (excludes halogenated alkanes) is 1. The first kappa shape index (κ1) is 26.7. The van der Waals surface area contributed by atoms with Crippen LogP contribution in [0.5, 0.6) is 0 Å². The lowest BCUT2D eigenvalue weighted by molar-refractivity contribution is -0.116. The van der Waals surface area contributed by atoms with Crippen molar-refractivity contribution in [1.29, 1.82) is 5.41 Å². The Kier molecular flexibility index (Phi) is 10.5. The summed E-state index contributed by atoms with van der Waals surface area (Å²) >= 11 is 1.74. The predicted molar refractivity (Wildman–Crippen MR) is 134 cm³/mol. The molecular weight excluding hydrogens is 474 g/mol. The number of aliphatic hydroxyl groups excluding tert-OH is 1. The number of nitrogens with zero attached hydrogens (tertiary/aromatic N) is 2. The maximum Gasteiger partial charge on any atom is 0.293 e. The second-order valence-electron chi connectivity index (χ2n) is 7.93. The summed E-state index contributed by atoms with van der Waals surface area (Å²) < 4.78 is 35.1. The summed E-state index contributed by atoms with van der Waals surface area (Å²) in [6, 6.07) is 12.9. The zero-order chi connectivity index (χ0) is 25.0. The van der Waals surface area contributed by atoms with Gasteiger partial charge in [0.1, 0.15) is 17.3 Å². The smallest absolute Gasteiger partial charge is 0.293 e. The number of benzene rings is 2. The van der Waals surface area contributed by atoms with Crippen LogP contribution in [0.25, 0.3) is 0 Å². The number of piperazine rings is 1. The van der Waals surface area contributed by atoms with Crippen LogP contribution >= 0.6 is 11.9 Å². The molecule has 2 aromatic rings. The molecule has 3 rings (SSSR count). The molecule has 0 aliphatic carbocycles. The van der Waals surface area contributed by atoms with Crippen LogP contribution in [0.1, 0.15) is 18.4 Å². The van der Waals surface area contributed by atoms with Gasteiger partial charge in [-0.25, -0.2) is 13.1 Å². The molecule has 7 nitrogen and oxygen atoms in total. The van der Waals surface area contributed by atoms with E-state index in [2.05, 4.69) is 21.8 Å². The highest BCUT2D eigenvalue weighted by atomic mass is 32.2. The fourth-order valence-corrected chi connectivity index (χ4v) is 4.50. The van der Waals surface area contributed by atoms with E-state index in [1.54, 1.807) is 11.9 Å². The fraction of sp³-hybridized carbons (Fsp3) is 0.360. The molecule has 188 valence electrons. The van der Waals surface area contributed by atoms with Crippen LogP contribution in [0.15, 0.2) is 60.0 Å². The van der Waals surface area contributed by atoms with Crippen LogP contribution in [0.3, 0.4) is 0 Å². The monoisotopic (exact) mass is 504 g/mol. The van der Waals surface area contributed by atoms with E-state index in [4.69, 9.17) is 15.3 Å². The highest BCUT2D eigenvalue weighted by Gasteiger charge is 2.25. The van der Waals surface area contributed by atoms with E-state index < -0.39 is 17.5 Å². The van der Waals surface area contributed by atoms with E-state index >= 15 is 0 Å². The number of allylic oxidation sites excluding steroid dienone is 1. The van der Waals surface area contributed by atoms with Crippen LogP contribution in [0.2, 0.25) is 0 Å². The van der Waals surface area contributed by atoms with E-state index in [0.29, 0.717) is 31.6 Å². The average molecular weight is 505 g/mol. The van der Waals surface area contributed by atoms with Crippen molar-refractivity contribution in [2.45, 2.75) is 18.6 Å². The second kappa shape index (κ2) is 13.8. The summed E-state index contributed by atoms with van der Waals surface area (Å²) in [5.74, 6) is -1.55. The van der Waals surface area contributed by atoms with E-state index in [0.717, 1.165) is 43.3 Å². The minimum Gasteiger partial charge on any atom is -0.486 e. The minimum absolute atomic E-state index is 0.00277. The number of ether oxygens (including phenoxy) is 1. The Hall–Kier alpha value is -2.95. The predicted octanol–water partition coefficient (Wildman–Crippen LogP) is 4.02. The molecule has 35 heavy (non-hydrogen) atoms. The maximum absolute atomic E-state index is 13.6. The van der Waals surface area contributed by atoms with Gasteiger partial charge >= 0.3 is 0 Å². The van der Waals surface area contributed by atoms with Crippen LogP contribution < -0.4 is 5.32 Å². The Morgan fingerprint density at radius 2 is 1.77 bits per heavy atom. The van der Waals surface area contributed by atoms with Crippen molar-refractivity contribution in [2.75, 3.05) is 44.7 Å². The molecule has 3 N–H and O–H groups in total. The fourth-order valence-electron chi connectivity index (χ4n) is 3.56. The van der Waals surface area contributed by atoms with E-state index in [1.165, 1.54) is 5.56 Å². The lowest BCUT2D eigenvalue weighted by Gasteiger charge is -2.36. The molecule has 0 bridgehead atoms. The van der Waals surface area contributed by atoms with Gasteiger partial charge in [0.05, 0.1) is 6.61 Å². The average Bonchev–Trinajstić information content (AvgIpc) is 2.85. The third-order valence-electron chi connectivity index (χ3n) is 5.33. The SMILES string of the molecule is N=CC(=C(OCCCCO)C(=O)Nc1cc(F)cc(F)c1)N1CCN(SCc2ccccc2)CC1. The first-order chi connectivity index (χ1) is 17.0. The van der Waals surface area contributed by atoms with Crippen LogP contribution in [0, 0.1) is 17.0 Å². The topological polar surface area (TPSA) is 88.9 Å². The number of carbonyl (C=O) groups is 1. The summed E-state index contributed by atoms with van der Waals surface area (Å²) in [6.45, 7) is 2.77. The summed E-state index contributed by atoms with van der Waals surface area (Å²) in [7, 11) is 0. The molecule has 1 heterocycles. The highest BCUT2D eigenvalue weighted by molar-refractivity contribution is 7.96. The van der Waals surface area contributed by atoms with Gasteiger partial charge in [0, 0.05) is 56.5 Å². The van der Waals surface area contributed by atoms with Gasteiger partial charge in [0.2, 0.25) is 5.76 Å².